The van der Waals surface area contributed by atoms with E-state index in [0.29, 0.717) is 29.2 Å². The molecule has 0 atom stereocenters. The molecular formula is C26H24O4S. The third kappa shape index (κ3) is 4.14. The number of ketones is 1. The van der Waals surface area contributed by atoms with Crippen LogP contribution in [0.2, 0.25) is 0 Å². The van der Waals surface area contributed by atoms with Gasteiger partial charge in [-0.3, -0.25) is 4.79 Å². The number of carbonyl (C=O) groups is 1. The van der Waals surface area contributed by atoms with Gasteiger partial charge in [0, 0.05) is 32.7 Å². The maximum atomic E-state index is 13.8. The van der Waals surface area contributed by atoms with Crippen molar-refractivity contribution in [2.24, 2.45) is 0 Å². The van der Waals surface area contributed by atoms with Crippen molar-refractivity contribution >= 4 is 27.2 Å². The Balaban J connectivity index is 1.91. The molecule has 5 heteroatoms. The average Bonchev–Trinajstić information content (AvgIpc) is 3.26. The lowest BCUT2D eigenvalue weighted by Crippen LogP contribution is -2.07. The lowest BCUT2D eigenvalue weighted by molar-refractivity contribution is 0.103. The van der Waals surface area contributed by atoms with Gasteiger partial charge in [-0.15, -0.1) is 11.3 Å². The Labute approximate surface area is 186 Å². The molecule has 0 fully saturated rings. The molecule has 0 aliphatic rings. The highest BCUT2D eigenvalue weighted by atomic mass is 32.1. The molecule has 0 aliphatic carbocycles. The van der Waals surface area contributed by atoms with Crippen LogP contribution in [0.5, 0.6) is 17.2 Å². The maximum absolute atomic E-state index is 13.8. The number of thiophene rings is 1. The Hall–Kier alpha value is -3.31. The summed E-state index contributed by atoms with van der Waals surface area (Å²) in [6, 6.07) is 19.3. The largest absolute Gasteiger partial charge is 0.497 e. The number of benzene rings is 3. The van der Waals surface area contributed by atoms with Gasteiger partial charge in [0.2, 0.25) is 0 Å². The molecule has 1 heterocycles. The van der Waals surface area contributed by atoms with Crippen LogP contribution in [0.15, 0.2) is 66.0 Å². The van der Waals surface area contributed by atoms with Crippen molar-refractivity contribution in [2.45, 2.75) is 13.3 Å². The van der Waals surface area contributed by atoms with Crippen LogP contribution in [0.4, 0.5) is 0 Å². The van der Waals surface area contributed by atoms with Gasteiger partial charge in [-0.25, -0.2) is 0 Å². The first-order chi connectivity index (χ1) is 15.2. The summed E-state index contributed by atoms with van der Waals surface area (Å²) in [5.41, 5.74) is 2.87. The second-order valence-corrected chi connectivity index (χ2v) is 8.01. The van der Waals surface area contributed by atoms with Crippen molar-refractivity contribution < 1.29 is 19.0 Å². The van der Waals surface area contributed by atoms with Crippen molar-refractivity contribution in [3.63, 3.8) is 0 Å². The van der Waals surface area contributed by atoms with Gasteiger partial charge in [0.05, 0.1) is 26.4 Å². The van der Waals surface area contributed by atoms with Crippen LogP contribution in [-0.2, 0) is 0 Å². The van der Waals surface area contributed by atoms with Crippen LogP contribution in [0, 0.1) is 0 Å². The zero-order valence-electron chi connectivity index (χ0n) is 17.8. The van der Waals surface area contributed by atoms with Crippen LogP contribution < -0.4 is 14.2 Å². The minimum Gasteiger partial charge on any atom is -0.497 e. The fourth-order valence-electron chi connectivity index (χ4n) is 3.58. The van der Waals surface area contributed by atoms with E-state index in [0.717, 1.165) is 33.4 Å². The smallest absolute Gasteiger partial charge is 0.198 e. The summed E-state index contributed by atoms with van der Waals surface area (Å²) in [5, 5.41) is 2.87. The molecule has 4 aromatic rings. The first-order valence-corrected chi connectivity index (χ1v) is 11.0. The molecule has 0 unspecified atom stereocenters. The molecule has 4 nitrogen and oxygen atoms in total. The number of carbonyl (C=O) groups excluding carboxylic acids is 1. The zero-order valence-corrected chi connectivity index (χ0v) is 18.6. The Morgan fingerprint density at radius 1 is 0.935 bits per heavy atom. The van der Waals surface area contributed by atoms with Gasteiger partial charge < -0.3 is 14.2 Å². The number of fused-ring (bicyclic) bond motifs is 1. The highest BCUT2D eigenvalue weighted by molar-refractivity contribution is 7.17. The predicted octanol–water partition coefficient (Wildman–Crippen LogP) is 6.61. The van der Waals surface area contributed by atoms with Crippen LogP contribution in [-0.4, -0.2) is 26.6 Å². The molecule has 3 aromatic carbocycles. The predicted molar refractivity (Wildman–Crippen MR) is 126 cm³/mol. The molecule has 158 valence electrons. The topological polar surface area (TPSA) is 44.8 Å². The van der Waals surface area contributed by atoms with E-state index in [9.17, 15) is 4.79 Å². The molecule has 0 bridgehead atoms. The monoisotopic (exact) mass is 432 g/mol. The number of methoxy groups -OCH3 is 2. The lowest BCUT2D eigenvalue weighted by atomic mass is 9.92. The summed E-state index contributed by atoms with van der Waals surface area (Å²) in [6.45, 7) is 2.65. The molecule has 0 amide bonds. The van der Waals surface area contributed by atoms with Gasteiger partial charge in [-0.2, -0.15) is 0 Å². The van der Waals surface area contributed by atoms with Crippen molar-refractivity contribution in [2.75, 3.05) is 20.8 Å². The Bertz CT molecular complexity index is 1210. The summed E-state index contributed by atoms with van der Waals surface area (Å²) in [6.07, 6.45) is 0.891. The zero-order chi connectivity index (χ0) is 21.8. The SMILES string of the molecule is CCCOc1cc(OC)c(C(=O)c2csc3ccccc23)c(-c2ccc(OC)cc2)c1. The van der Waals surface area contributed by atoms with Crippen LogP contribution in [0.25, 0.3) is 21.2 Å². The van der Waals surface area contributed by atoms with E-state index in [2.05, 4.69) is 6.92 Å². The second kappa shape index (κ2) is 9.23. The van der Waals surface area contributed by atoms with Crippen LogP contribution in [0.1, 0.15) is 29.3 Å². The van der Waals surface area contributed by atoms with E-state index in [-0.39, 0.29) is 5.78 Å². The molecule has 1 aromatic heterocycles. The summed E-state index contributed by atoms with van der Waals surface area (Å²) in [7, 11) is 3.22. The van der Waals surface area contributed by atoms with Gasteiger partial charge >= 0.3 is 0 Å². The fraction of sp³-hybridized carbons (Fsp3) is 0.192. The molecule has 0 radical (unpaired) electrons. The number of rotatable bonds is 8. The molecule has 0 saturated heterocycles. The summed E-state index contributed by atoms with van der Waals surface area (Å²) in [5.74, 6) is 1.86. The van der Waals surface area contributed by atoms with Crippen molar-refractivity contribution in [1.29, 1.82) is 0 Å². The molecule has 0 saturated carbocycles. The quantitative estimate of drug-likeness (QED) is 0.294. The Morgan fingerprint density at radius 2 is 1.71 bits per heavy atom. The van der Waals surface area contributed by atoms with Gasteiger partial charge in [0.15, 0.2) is 5.78 Å². The molecule has 4 rings (SSSR count). The van der Waals surface area contributed by atoms with Crippen LogP contribution in [0.3, 0.4) is 0 Å². The molecule has 0 aliphatic heterocycles. The van der Waals surface area contributed by atoms with E-state index in [4.69, 9.17) is 14.2 Å². The molecule has 31 heavy (non-hydrogen) atoms. The molecule has 0 spiro atoms. The van der Waals surface area contributed by atoms with Gasteiger partial charge in [-0.1, -0.05) is 37.3 Å². The van der Waals surface area contributed by atoms with Gasteiger partial charge in [-0.05, 0) is 36.2 Å². The number of hydrogen-bond acceptors (Lipinski definition) is 5. The summed E-state index contributed by atoms with van der Waals surface area (Å²) >= 11 is 1.57. The molecular weight excluding hydrogens is 408 g/mol. The van der Waals surface area contributed by atoms with E-state index in [1.54, 1.807) is 31.6 Å². The molecule has 0 N–H and O–H groups in total. The first kappa shape index (κ1) is 20.9. The highest BCUT2D eigenvalue weighted by Crippen LogP contribution is 2.39. The third-order valence-corrected chi connectivity index (χ3v) is 6.09. The highest BCUT2D eigenvalue weighted by Gasteiger charge is 2.24. The van der Waals surface area contributed by atoms with E-state index < -0.39 is 0 Å². The fourth-order valence-corrected chi connectivity index (χ4v) is 4.52. The first-order valence-electron chi connectivity index (χ1n) is 10.2. The third-order valence-electron chi connectivity index (χ3n) is 5.12. The van der Waals surface area contributed by atoms with Crippen LogP contribution >= 0.6 is 11.3 Å². The van der Waals surface area contributed by atoms with Crippen molar-refractivity contribution in [3.8, 4) is 28.4 Å². The number of hydrogen-bond donors (Lipinski definition) is 0. The minimum atomic E-state index is -0.0674. The number of ether oxygens (including phenoxy) is 3. The summed E-state index contributed by atoms with van der Waals surface area (Å²) in [4.78, 5) is 13.8. The van der Waals surface area contributed by atoms with Crippen molar-refractivity contribution in [1.82, 2.24) is 0 Å². The summed E-state index contributed by atoms with van der Waals surface area (Å²) < 4.78 is 17.9. The van der Waals surface area contributed by atoms with E-state index in [1.807, 2.05) is 60.0 Å². The normalized spacial score (nSPS) is 10.8. The maximum Gasteiger partial charge on any atom is 0.198 e. The van der Waals surface area contributed by atoms with Gasteiger partial charge in [0.25, 0.3) is 0 Å². The standard InChI is InChI=1S/C26H24O4S/c1-4-13-30-19-14-21(17-9-11-18(28-2)12-10-17)25(23(15-19)29-3)26(27)22-16-31-24-8-6-5-7-20(22)24/h5-12,14-16H,4,13H2,1-3H3. The lowest BCUT2D eigenvalue weighted by Gasteiger charge is -2.16. The average molecular weight is 433 g/mol. The minimum absolute atomic E-state index is 0.0674. The Kier molecular flexibility index (Phi) is 6.23. The Morgan fingerprint density at radius 3 is 2.42 bits per heavy atom. The van der Waals surface area contributed by atoms with E-state index in [1.165, 1.54) is 0 Å². The van der Waals surface area contributed by atoms with Crippen molar-refractivity contribution in [3.05, 3.63) is 77.2 Å². The van der Waals surface area contributed by atoms with E-state index >= 15 is 0 Å². The van der Waals surface area contributed by atoms with Gasteiger partial charge in [0.1, 0.15) is 17.2 Å². The second-order valence-electron chi connectivity index (χ2n) is 7.10.